The Morgan fingerprint density at radius 3 is 2.68 bits per heavy atom. The van der Waals surface area contributed by atoms with Crippen LogP contribution in [0.25, 0.3) is 11.0 Å². The van der Waals surface area contributed by atoms with Gasteiger partial charge in [0.2, 0.25) is 5.78 Å². The van der Waals surface area contributed by atoms with Gasteiger partial charge in [-0.05, 0) is 38.0 Å². The summed E-state index contributed by atoms with van der Waals surface area (Å²) in [6.07, 6.45) is 1.75. The van der Waals surface area contributed by atoms with E-state index < -0.39 is 5.92 Å². The van der Waals surface area contributed by atoms with Crippen molar-refractivity contribution in [2.75, 3.05) is 0 Å². The maximum absolute atomic E-state index is 13.1. The Balaban J connectivity index is 2.02. The van der Waals surface area contributed by atoms with Crippen LogP contribution >= 0.6 is 0 Å². The third kappa shape index (κ3) is 3.05. The van der Waals surface area contributed by atoms with E-state index in [0.717, 1.165) is 29.6 Å². The highest BCUT2D eigenvalue weighted by Gasteiger charge is 2.29. The molecule has 128 valence electrons. The van der Waals surface area contributed by atoms with E-state index in [1.165, 1.54) is 0 Å². The number of nitriles is 1. The molecule has 0 spiro atoms. The number of hydrogen-bond donors (Lipinski definition) is 1. The number of benzene rings is 1. The van der Waals surface area contributed by atoms with Crippen molar-refractivity contribution in [3.8, 4) is 6.07 Å². The predicted molar refractivity (Wildman–Crippen MR) is 95.4 cm³/mol. The Labute approximate surface area is 146 Å². The number of hydrogen-bond acceptors (Lipinski definition) is 4. The molecular formula is C19H21N5O. The number of para-hydroxylation sites is 2. The SMILES string of the molecule is CCC(CC)n1nc(C)cc1C(=O)C(C#N)c1nc2ccccc2[nH]1. The van der Waals surface area contributed by atoms with E-state index in [-0.39, 0.29) is 11.8 Å². The number of nitrogens with one attached hydrogen (secondary N) is 1. The first-order chi connectivity index (χ1) is 12.1. The third-order valence-electron chi connectivity index (χ3n) is 4.47. The van der Waals surface area contributed by atoms with Gasteiger partial charge in [-0.1, -0.05) is 26.0 Å². The largest absolute Gasteiger partial charge is 0.340 e. The summed E-state index contributed by atoms with van der Waals surface area (Å²) in [7, 11) is 0. The van der Waals surface area contributed by atoms with Crippen molar-refractivity contribution in [2.24, 2.45) is 0 Å². The summed E-state index contributed by atoms with van der Waals surface area (Å²) in [6, 6.07) is 11.5. The van der Waals surface area contributed by atoms with Crippen LogP contribution in [0.15, 0.2) is 30.3 Å². The fourth-order valence-corrected chi connectivity index (χ4v) is 3.11. The number of carbonyl (C=O) groups excluding carboxylic acids is 1. The second-order valence-electron chi connectivity index (χ2n) is 6.15. The Morgan fingerprint density at radius 2 is 2.04 bits per heavy atom. The van der Waals surface area contributed by atoms with Crippen LogP contribution in [0.5, 0.6) is 0 Å². The average molecular weight is 335 g/mol. The Bertz CT molecular complexity index is 909. The number of carbonyl (C=O) groups is 1. The molecule has 0 aliphatic rings. The fraction of sp³-hybridized carbons (Fsp3) is 0.368. The zero-order valence-corrected chi connectivity index (χ0v) is 14.7. The van der Waals surface area contributed by atoms with Crippen LogP contribution in [-0.4, -0.2) is 25.5 Å². The fourth-order valence-electron chi connectivity index (χ4n) is 3.11. The number of rotatable bonds is 6. The number of aromatic nitrogens is 4. The summed E-state index contributed by atoms with van der Waals surface area (Å²) in [5.41, 5.74) is 2.81. The lowest BCUT2D eigenvalue weighted by Gasteiger charge is -2.17. The van der Waals surface area contributed by atoms with E-state index >= 15 is 0 Å². The van der Waals surface area contributed by atoms with Gasteiger partial charge in [0.25, 0.3) is 0 Å². The first-order valence-corrected chi connectivity index (χ1v) is 8.53. The van der Waals surface area contributed by atoms with E-state index in [0.29, 0.717) is 11.5 Å². The second-order valence-corrected chi connectivity index (χ2v) is 6.15. The van der Waals surface area contributed by atoms with Crippen molar-refractivity contribution < 1.29 is 4.79 Å². The first kappa shape index (κ1) is 16.9. The van der Waals surface area contributed by atoms with E-state index in [1.807, 2.05) is 31.2 Å². The van der Waals surface area contributed by atoms with Gasteiger partial charge in [-0.2, -0.15) is 10.4 Å². The van der Waals surface area contributed by atoms with E-state index in [2.05, 4.69) is 35.0 Å². The van der Waals surface area contributed by atoms with Gasteiger partial charge in [0.15, 0.2) is 5.92 Å². The van der Waals surface area contributed by atoms with Crippen molar-refractivity contribution in [1.82, 2.24) is 19.7 Å². The van der Waals surface area contributed by atoms with Gasteiger partial charge in [-0.15, -0.1) is 0 Å². The number of H-pyrrole nitrogens is 1. The van der Waals surface area contributed by atoms with Crippen LogP contribution in [-0.2, 0) is 0 Å². The van der Waals surface area contributed by atoms with E-state index in [1.54, 1.807) is 10.7 Å². The van der Waals surface area contributed by atoms with Crippen LogP contribution in [0.3, 0.4) is 0 Å². The molecule has 3 rings (SSSR count). The predicted octanol–water partition coefficient (Wildman–Crippen LogP) is 3.92. The van der Waals surface area contributed by atoms with Gasteiger partial charge in [0.05, 0.1) is 28.8 Å². The molecule has 0 fully saturated rings. The number of aromatic amines is 1. The number of imidazole rings is 1. The van der Waals surface area contributed by atoms with Crippen LogP contribution < -0.4 is 0 Å². The van der Waals surface area contributed by atoms with Gasteiger partial charge >= 0.3 is 0 Å². The lowest BCUT2D eigenvalue weighted by molar-refractivity contribution is 0.0963. The molecule has 0 aliphatic carbocycles. The molecule has 2 aromatic heterocycles. The minimum absolute atomic E-state index is 0.141. The van der Waals surface area contributed by atoms with Gasteiger partial charge < -0.3 is 4.98 Å². The topological polar surface area (TPSA) is 87.4 Å². The number of nitrogens with zero attached hydrogens (tertiary/aromatic N) is 4. The van der Waals surface area contributed by atoms with Crippen molar-refractivity contribution >= 4 is 16.8 Å². The summed E-state index contributed by atoms with van der Waals surface area (Å²) < 4.78 is 1.77. The molecule has 0 aliphatic heterocycles. The minimum atomic E-state index is -0.975. The lowest BCUT2D eigenvalue weighted by atomic mass is 10.0. The molecule has 1 aromatic carbocycles. The van der Waals surface area contributed by atoms with Gasteiger partial charge in [-0.25, -0.2) is 4.98 Å². The zero-order valence-electron chi connectivity index (χ0n) is 14.7. The number of aryl methyl sites for hydroxylation is 1. The molecule has 25 heavy (non-hydrogen) atoms. The molecule has 3 aromatic rings. The molecule has 0 amide bonds. The third-order valence-corrected chi connectivity index (χ3v) is 4.47. The molecule has 0 saturated carbocycles. The molecule has 0 saturated heterocycles. The van der Waals surface area contributed by atoms with Crippen LogP contribution in [0.1, 0.15) is 60.7 Å². The molecule has 1 N–H and O–H groups in total. The van der Waals surface area contributed by atoms with Crippen molar-refractivity contribution in [2.45, 2.75) is 45.6 Å². The van der Waals surface area contributed by atoms with Gasteiger partial charge in [0.1, 0.15) is 11.5 Å². The molecule has 1 atom stereocenters. The van der Waals surface area contributed by atoms with E-state index in [9.17, 15) is 10.1 Å². The summed E-state index contributed by atoms with van der Waals surface area (Å²) >= 11 is 0. The monoisotopic (exact) mass is 335 g/mol. The van der Waals surface area contributed by atoms with Crippen LogP contribution in [0.2, 0.25) is 0 Å². The van der Waals surface area contributed by atoms with Crippen molar-refractivity contribution in [3.63, 3.8) is 0 Å². The summed E-state index contributed by atoms with van der Waals surface area (Å²) in [5.74, 6) is -0.866. The second kappa shape index (κ2) is 6.89. The number of Topliss-reactive ketones (excluding diaryl/α,β-unsaturated/α-hetero) is 1. The molecule has 0 radical (unpaired) electrons. The highest BCUT2D eigenvalue weighted by atomic mass is 16.1. The van der Waals surface area contributed by atoms with Crippen LogP contribution in [0.4, 0.5) is 0 Å². The summed E-state index contributed by atoms with van der Waals surface area (Å²) in [4.78, 5) is 20.6. The van der Waals surface area contributed by atoms with Crippen molar-refractivity contribution in [3.05, 3.63) is 47.5 Å². The Kier molecular flexibility index (Phi) is 4.66. The van der Waals surface area contributed by atoms with Gasteiger partial charge in [-0.3, -0.25) is 9.48 Å². The van der Waals surface area contributed by atoms with Crippen molar-refractivity contribution in [1.29, 1.82) is 5.26 Å². The summed E-state index contributed by atoms with van der Waals surface area (Å²) in [5, 5.41) is 14.1. The standard InChI is InChI=1S/C19H21N5O/c1-4-13(5-2)24-17(10-12(3)23-24)18(25)14(11-20)19-21-15-8-6-7-9-16(15)22-19/h6-10,13-14H,4-5H2,1-3H3,(H,21,22). The maximum atomic E-state index is 13.1. The Hall–Kier alpha value is -2.94. The first-order valence-electron chi connectivity index (χ1n) is 8.53. The number of fused-ring (bicyclic) bond motifs is 1. The molecule has 6 heteroatoms. The normalized spacial score (nSPS) is 12.4. The smallest absolute Gasteiger partial charge is 0.205 e. The Morgan fingerprint density at radius 1 is 1.32 bits per heavy atom. The molecule has 6 nitrogen and oxygen atoms in total. The quantitative estimate of drug-likeness (QED) is 0.692. The minimum Gasteiger partial charge on any atom is -0.340 e. The highest BCUT2D eigenvalue weighted by molar-refractivity contribution is 6.01. The molecule has 1 unspecified atom stereocenters. The molecular weight excluding hydrogens is 314 g/mol. The molecule has 2 heterocycles. The number of ketones is 1. The van der Waals surface area contributed by atoms with Gasteiger partial charge in [0, 0.05) is 0 Å². The van der Waals surface area contributed by atoms with Crippen LogP contribution in [0, 0.1) is 18.3 Å². The average Bonchev–Trinajstić information content (AvgIpc) is 3.20. The molecule has 0 bridgehead atoms. The maximum Gasteiger partial charge on any atom is 0.205 e. The highest BCUT2D eigenvalue weighted by Crippen LogP contribution is 2.25. The van der Waals surface area contributed by atoms with E-state index in [4.69, 9.17) is 0 Å². The summed E-state index contributed by atoms with van der Waals surface area (Å²) in [6.45, 7) is 6.00. The lowest BCUT2D eigenvalue weighted by Crippen LogP contribution is -2.20. The zero-order chi connectivity index (χ0) is 18.0.